The van der Waals surface area contributed by atoms with Crippen LogP contribution in [0.25, 0.3) is 4.96 Å². The molecule has 112 valence electrons. The third-order valence-electron chi connectivity index (χ3n) is 3.38. The lowest BCUT2D eigenvalue weighted by atomic mass is 10.2. The molecule has 0 unspecified atom stereocenters. The van der Waals surface area contributed by atoms with E-state index in [1.165, 1.54) is 21.9 Å². The summed E-state index contributed by atoms with van der Waals surface area (Å²) in [6.45, 7) is 3.75. The van der Waals surface area contributed by atoms with E-state index in [0.29, 0.717) is 15.7 Å². The molecule has 3 aromatic rings. The first-order chi connectivity index (χ1) is 10.5. The maximum atomic E-state index is 12.5. The lowest BCUT2D eigenvalue weighted by Gasteiger charge is -2.06. The van der Waals surface area contributed by atoms with Crippen molar-refractivity contribution >= 4 is 39.5 Å². The Labute approximate surface area is 135 Å². The van der Waals surface area contributed by atoms with Crippen molar-refractivity contribution in [3.8, 4) is 0 Å². The summed E-state index contributed by atoms with van der Waals surface area (Å²) in [7, 11) is 0. The molecule has 1 amide bonds. The number of amides is 1. The first kappa shape index (κ1) is 14.7. The molecule has 0 atom stereocenters. The monoisotopic (exact) mass is 333 g/mol. The summed E-state index contributed by atoms with van der Waals surface area (Å²) >= 11 is 7.43. The van der Waals surface area contributed by atoms with Crippen LogP contribution in [0.4, 0.5) is 5.69 Å². The van der Waals surface area contributed by atoms with Gasteiger partial charge in [0.15, 0.2) is 4.96 Å². The molecule has 22 heavy (non-hydrogen) atoms. The number of aryl methyl sites for hydroxylation is 2. The Balaban J connectivity index is 2.05. The highest BCUT2D eigenvalue weighted by molar-refractivity contribution is 7.17. The highest BCUT2D eigenvalue weighted by atomic mass is 35.5. The van der Waals surface area contributed by atoms with E-state index in [1.807, 2.05) is 13.8 Å². The third kappa shape index (κ3) is 2.40. The number of benzene rings is 1. The van der Waals surface area contributed by atoms with Crippen LogP contribution in [-0.4, -0.2) is 15.3 Å². The van der Waals surface area contributed by atoms with E-state index in [2.05, 4.69) is 10.3 Å². The first-order valence-corrected chi connectivity index (χ1v) is 7.72. The Morgan fingerprint density at radius 3 is 2.77 bits per heavy atom. The molecule has 3 rings (SSSR count). The van der Waals surface area contributed by atoms with Gasteiger partial charge in [0, 0.05) is 16.8 Å². The molecule has 0 saturated heterocycles. The number of hydrogen-bond acceptors (Lipinski definition) is 4. The van der Waals surface area contributed by atoms with Crippen molar-refractivity contribution in [2.24, 2.45) is 0 Å². The van der Waals surface area contributed by atoms with Gasteiger partial charge in [-0.15, -0.1) is 11.3 Å². The van der Waals surface area contributed by atoms with Crippen molar-refractivity contribution in [3.05, 3.63) is 62.0 Å². The number of hydrogen-bond donors (Lipinski definition) is 1. The largest absolute Gasteiger partial charge is 0.320 e. The van der Waals surface area contributed by atoms with E-state index in [1.54, 1.807) is 24.3 Å². The first-order valence-electron chi connectivity index (χ1n) is 6.52. The molecule has 0 bridgehead atoms. The molecular weight excluding hydrogens is 322 g/mol. The quantitative estimate of drug-likeness (QED) is 0.782. The molecule has 0 saturated carbocycles. The maximum Gasteiger partial charge on any atom is 0.271 e. The number of halogens is 1. The van der Waals surface area contributed by atoms with Crippen LogP contribution in [0.5, 0.6) is 0 Å². The number of carbonyl (C=O) groups is 1. The fourth-order valence-corrected chi connectivity index (χ4v) is 3.20. The summed E-state index contributed by atoms with van der Waals surface area (Å²) in [6, 6.07) is 6.85. The second kappa shape index (κ2) is 5.55. The van der Waals surface area contributed by atoms with Gasteiger partial charge in [-0.1, -0.05) is 23.7 Å². The lowest BCUT2D eigenvalue weighted by Crippen LogP contribution is -2.26. The molecule has 2 aromatic heterocycles. The molecule has 1 N–H and O–H groups in total. The smallest absolute Gasteiger partial charge is 0.271 e. The molecule has 0 spiro atoms. The van der Waals surface area contributed by atoms with Crippen LogP contribution >= 0.6 is 22.9 Å². The summed E-state index contributed by atoms with van der Waals surface area (Å²) in [5, 5.41) is 3.05. The number of nitrogens with zero attached hydrogens (tertiary/aromatic N) is 2. The second-order valence-corrected chi connectivity index (χ2v) is 6.36. The van der Waals surface area contributed by atoms with E-state index < -0.39 is 5.91 Å². The maximum absolute atomic E-state index is 12.5. The molecule has 0 aliphatic heterocycles. The standard InChI is InChI=1S/C15H12ClN3O2S/c1-8-9(2)22-15-17-7-10(14(21)19(8)15)13(20)18-12-6-4-3-5-11(12)16/h3-7H,1-2H3,(H,18,20). The van der Waals surface area contributed by atoms with Gasteiger partial charge in [0.1, 0.15) is 5.56 Å². The minimum Gasteiger partial charge on any atom is -0.320 e. The fraction of sp³-hybridized carbons (Fsp3) is 0.133. The van der Waals surface area contributed by atoms with Gasteiger partial charge in [-0.05, 0) is 26.0 Å². The number of aromatic nitrogens is 2. The zero-order valence-corrected chi connectivity index (χ0v) is 13.5. The Hall–Kier alpha value is -2.18. The van der Waals surface area contributed by atoms with Crippen LogP contribution in [0.3, 0.4) is 0 Å². The number of carbonyl (C=O) groups excluding carboxylic acids is 1. The molecule has 0 radical (unpaired) electrons. The normalized spacial score (nSPS) is 10.9. The summed E-state index contributed by atoms with van der Waals surface area (Å²) < 4.78 is 1.46. The Morgan fingerprint density at radius 1 is 1.32 bits per heavy atom. The summed E-state index contributed by atoms with van der Waals surface area (Å²) in [6.07, 6.45) is 1.30. The lowest BCUT2D eigenvalue weighted by molar-refractivity contribution is 0.102. The van der Waals surface area contributed by atoms with E-state index in [0.717, 1.165) is 10.6 Å². The van der Waals surface area contributed by atoms with Gasteiger partial charge in [0.2, 0.25) is 0 Å². The van der Waals surface area contributed by atoms with E-state index in [4.69, 9.17) is 11.6 Å². The highest BCUT2D eigenvalue weighted by Gasteiger charge is 2.17. The summed E-state index contributed by atoms with van der Waals surface area (Å²) in [5.41, 5.74) is 0.858. The summed E-state index contributed by atoms with van der Waals surface area (Å²) in [4.78, 5) is 30.6. The molecule has 0 fully saturated rings. The van der Waals surface area contributed by atoms with E-state index >= 15 is 0 Å². The fourth-order valence-electron chi connectivity index (χ4n) is 2.08. The van der Waals surface area contributed by atoms with Crippen LogP contribution in [0.2, 0.25) is 5.02 Å². The van der Waals surface area contributed by atoms with Crippen molar-refractivity contribution < 1.29 is 4.79 Å². The van der Waals surface area contributed by atoms with Crippen LogP contribution in [-0.2, 0) is 0 Å². The van der Waals surface area contributed by atoms with E-state index in [9.17, 15) is 9.59 Å². The van der Waals surface area contributed by atoms with Crippen LogP contribution in [0.15, 0.2) is 35.3 Å². The van der Waals surface area contributed by atoms with Crippen LogP contribution in [0.1, 0.15) is 20.9 Å². The number of rotatable bonds is 2. The van der Waals surface area contributed by atoms with Crippen molar-refractivity contribution in [2.75, 3.05) is 5.32 Å². The van der Waals surface area contributed by atoms with Crippen molar-refractivity contribution in [1.82, 2.24) is 9.38 Å². The SMILES string of the molecule is Cc1sc2ncc(C(=O)Nc3ccccc3Cl)c(=O)n2c1C. The van der Waals surface area contributed by atoms with Crippen LogP contribution in [0, 0.1) is 13.8 Å². The number of thiazole rings is 1. The topological polar surface area (TPSA) is 63.5 Å². The van der Waals surface area contributed by atoms with Crippen molar-refractivity contribution in [3.63, 3.8) is 0 Å². The number of para-hydroxylation sites is 1. The van der Waals surface area contributed by atoms with Gasteiger partial charge in [0.05, 0.1) is 10.7 Å². The van der Waals surface area contributed by atoms with Crippen molar-refractivity contribution in [2.45, 2.75) is 13.8 Å². The van der Waals surface area contributed by atoms with Crippen molar-refractivity contribution in [1.29, 1.82) is 0 Å². The Bertz CT molecular complexity index is 946. The van der Waals surface area contributed by atoms with Gasteiger partial charge in [-0.25, -0.2) is 4.98 Å². The number of nitrogens with one attached hydrogen (secondary N) is 1. The highest BCUT2D eigenvalue weighted by Crippen LogP contribution is 2.21. The predicted octanol–water partition coefficient (Wildman–Crippen LogP) is 3.28. The van der Waals surface area contributed by atoms with Gasteiger partial charge >= 0.3 is 0 Å². The number of fused-ring (bicyclic) bond motifs is 1. The molecule has 2 heterocycles. The predicted molar refractivity (Wildman–Crippen MR) is 88.2 cm³/mol. The zero-order valence-electron chi connectivity index (χ0n) is 11.9. The van der Waals surface area contributed by atoms with Gasteiger partial charge < -0.3 is 5.32 Å². The van der Waals surface area contributed by atoms with Gasteiger partial charge in [-0.3, -0.25) is 14.0 Å². The average molecular weight is 334 g/mol. The number of anilines is 1. The summed E-state index contributed by atoms with van der Waals surface area (Å²) in [5.74, 6) is -0.525. The van der Waals surface area contributed by atoms with Crippen LogP contribution < -0.4 is 10.9 Å². The Kier molecular flexibility index (Phi) is 3.72. The molecular formula is C15H12ClN3O2S. The zero-order chi connectivity index (χ0) is 15.9. The molecule has 7 heteroatoms. The van der Waals surface area contributed by atoms with E-state index in [-0.39, 0.29) is 11.1 Å². The second-order valence-electron chi connectivity index (χ2n) is 4.77. The molecule has 0 aliphatic rings. The third-order valence-corrected chi connectivity index (χ3v) is 4.79. The molecule has 1 aromatic carbocycles. The van der Waals surface area contributed by atoms with Gasteiger partial charge in [0.25, 0.3) is 11.5 Å². The average Bonchev–Trinajstić information content (AvgIpc) is 2.77. The molecule has 5 nitrogen and oxygen atoms in total. The molecule has 0 aliphatic carbocycles. The minimum atomic E-state index is -0.525. The minimum absolute atomic E-state index is 0.0154. The van der Waals surface area contributed by atoms with Gasteiger partial charge in [-0.2, -0.15) is 0 Å². The Morgan fingerprint density at radius 2 is 2.05 bits per heavy atom.